The van der Waals surface area contributed by atoms with Crippen molar-refractivity contribution < 1.29 is 9.18 Å². The molecule has 1 saturated heterocycles. The Morgan fingerprint density at radius 1 is 1.33 bits per heavy atom. The SMILES string of the molecule is CN(C(=O)[C@H]1CCCCN1)c1ccc(F)cc1.Cl. The van der Waals surface area contributed by atoms with Crippen LogP contribution in [-0.2, 0) is 4.79 Å². The van der Waals surface area contributed by atoms with E-state index in [1.165, 1.54) is 12.1 Å². The summed E-state index contributed by atoms with van der Waals surface area (Å²) < 4.78 is 12.8. The molecule has 0 aromatic heterocycles. The monoisotopic (exact) mass is 272 g/mol. The van der Waals surface area contributed by atoms with Gasteiger partial charge in [-0.05, 0) is 43.7 Å². The summed E-state index contributed by atoms with van der Waals surface area (Å²) in [5.41, 5.74) is 0.726. The van der Waals surface area contributed by atoms with Crippen LogP contribution in [0.5, 0.6) is 0 Å². The Kier molecular flexibility index (Phi) is 5.56. The van der Waals surface area contributed by atoms with E-state index in [0.29, 0.717) is 0 Å². The van der Waals surface area contributed by atoms with E-state index in [0.717, 1.165) is 31.5 Å². The van der Waals surface area contributed by atoms with E-state index in [1.54, 1.807) is 24.1 Å². The molecule has 0 bridgehead atoms. The van der Waals surface area contributed by atoms with Crippen molar-refractivity contribution in [2.75, 3.05) is 18.5 Å². The molecule has 5 heteroatoms. The van der Waals surface area contributed by atoms with Gasteiger partial charge in [-0.15, -0.1) is 12.4 Å². The second kappa shape index (κ2) is 6.71. The molecule has 0 saturated carbocycles. The number of piperidine rings is 1. The second-order valence-corrected chi connectivity index (χ2v) is 4.38. The summed E-state index contributed by atoms with van der Waals surface area (Å²) in [5, 5.41) is 3.22. The number of halogens is 2. The van der Waals surface area contributed by atoms with Gasteiger partial charge in [-0.1, -0.05) is 6.42 Å². The van der Waals surface area contributed by atoms with Crippen LogP contribution < -0.4 is 10.2 Å². The number of hydrogen-bond donors (Lipinski definition) is 1. The molecule has 1 N–H and O–H groups in total. The maximum Gasteiger partial charge on any atom is 0.243 e. The van der Waals surface area contributed by atoms with Gasteiger partial charge in [0.1, 0.15) is 5.82 Å². The van der Waals surface area contributed by atoms with Crippen LogP contribution in [-0.4, -0.2) is 25.5 Å². The highest BCUT2D eigenvalue weighted by Crippen LogP contribution is 2.16. The molecule has 18 heavy (non-hydrogen) atoms. The number of benzene rings is 1. The predicted octanol–water partition coefficient (Wildman–Crippen LogP) is 2.35. The fourth-order valence-corrected chi connectivity index (χ4v) is 2.09. The van der Waals surface area contributed by atoms with Gasteiger partial charge in [-0.3, -0.25) is 4.79 Å². The molecule has 0 unspecified atom stereocenters. The van der Waals surface area contributed by atoms with Crippen molar-refractivity contribution in [2.24, 2.45) is 0 Å². The molecule has 1 aliphatic heterocycles. The van der Waals surface area contributed by atoms with Crippen LogP contribution in [0.3, 0.4) is 0 Å². The first-order valence-electron chi connectivity index (χ1n) is 5.95. The summed E-state index contributed by atoms with van der Waals surface area (Å²) in [4.78, 5) is 13.7. The Labute approximate surface area is 113 Å². The molecule has 1 aromatic carbocycles. The lowest BCUT2D eigenvalue weighted by Crippen LogP contribution is -2.47. The van der Waals surface area contributed by atoms with E-state index in [2.05, 4.69) is 5.32 Å². The molecule has 100 valence electrons. The van der Waals surface area contributed by atoms with Crippen molar-refractivity contribution in [3.05, 3.63) is 30.1 Å². The number of nitrogens with zero attached hydrogens (tertiary/aromatic N) is 1. The average Bonchev–Trinajstić information content (AvgIpc) is 2.39. The number of rotatable bonds is 2. The van der Waals surface area contributed by atoms with E-state index < -0.39 is 0 Å². The van der Waals surface area contributed by atoms with E-state index >= 15 is 0 Å². The lowest BCUT2D eigenvalue weighted by molar-refractivity contribution is -0.120. The maximum atomic E-state index is 12.8. The third kappa shape index (κ3) is 3.43. The molecule has 1 aromatic rings. The highest BCUT2D eigenvalue weighted by Gasteiger charge is 2.24. The normalized spacial score (nSPS) is 18.9. The Balaban J connectivity index is 0.00000162. The number of anilines is 1. The van der Waals surface area contributed by atoms with Crippen LogP contribution in [0.2, 0.25) is 0 Å². The summed E-state index contributed by atoms with van der Waals surface area (Å²) >= 11 is 0. The molecule has 0 aliphatic carbocycles. The molecule has 3 nitrogen and oxygen atoms in total. The molecule has 1 fully saturated rings. The largest absolute Gasteiger partial charge is 0.314 e. The van der Waals surface area contributed by atoms with Crippen molar-refractivity contribution in [3.8, 4) is 0 Å². The van der Waals surface area contributed by atoms with Gasteiger partial charge < -0.3 is 10.2 Å². The number of hydrogen-bond acceptors (Lipinski definition) is 2. The van der Waals surface area contributed by atoms with Gasteiger partial charge >= 0.3 is 0 Å². The summed E-state index contributed by atoms with van der Waals surface area (Å²) in [6.07, 6.45) is 3.09. The van der Waals surface area contributed by atoms with Crippen LogP contribution >= 0.6 is 12.4 Å². The lowest BCUT2D eigenvalue weighted by Gasteiger charge is -2.27. The fourth-order valence-electron chi connectivity index (χ4n) is 2.09. The highest BCUT2D eigenvalue weighted by molar-refractivity contribution is 5.96. The first-order chi connectivity index (χ1) is 8.18. The van der Waals surface area contributed by atoms with Gasteiger partial charge in [0.25, 0.3) is 0 Å². The van der Waals surface area contributed by atoms with Crippen molar-refractivity contribution in [3.63, 3.8) is 0 Å². The van der Waals surface area contributed by atoms with Crippen LogP contribution in [0.25, 0.3) is 0 Å². The molecule has 1 aliphatic rings. The molecular formula is C13H18ClFN2O. The minimum Gasteiger partial charge on any atom is -0.314 e. The smallest absolute Gasteiger partial charge is 0.243 e. The van der Waals surface area contributed by atoms with Gasteiger partial charge in [-0.25, -0.2) is 4.39 Å². The number of amides is 1. The average molecular weight is 273 g/mol. The molecule has 0 radical (unpaired) electrons. The molecule has 1 atom stereocenters. The van der Waals surface area contributed by atoms with Crippen LogP contribution in [0.1, 0.15) is 19.3 Å². The number of carbonyl (C=O) groups is 1. The minimum absolute atomic E-state index is 0. The predicted molar refractivity (Wildman–Crippen MR) is 72.7 cm³/mol. The Morgan fingerprint density at radius 2 is 2.00 bits per heavy atom. The summed E-state index contributed by atoms with van der Waals surface area (Å²) in [5.74, 6) is -0.235. The fraction of sp³-hybridized carbons (Fsp3) is 0.462. The minimum atomic E-state index is -0.287. The van der Waals surface area contributed by atoms with Crippen molar-refractivity contribution in [1.82, 2.24) is 5.32 Å². The van der Waals surface area contributed by atoms with E-state index in [9.17, 15) is 9.18 Å². The molecular weight excluding hydrogens is 255 g/mol. The van der Waals surface area contributed by atoms with E-state index in [-0.39, 0.29) is 30.2 Å². The summed E-state index contributed by atoms with van der Waals surface area (Å²) in [7, 11) is 1.73. The lowest BCUT2D eigenvalue weighted by atomic mass is 10.0. The first kappa shape index (κ1) is 14.9. The zero-order valence-corrected chi connectivity index (χ0v) is 11.2. The summed E-state index contributed by atoms with van der Waals surface area (Å²) in [6.45, 7) is 0.896. The van der Waals surface area contributed by atoms with Gasteiger partial charge in [0, 0.05) is 12.7 Å². The Morgan fingerprint density at radius 3 is 2.56 bits per heavy atom. The van der Waals surface area contributed by atoms with Crippen LogP contribution in [0.4, 0.5) is 10.1 Å². The third-order valence-electron chi connectivity index (χ3n) is 3.15. The Bertz CT molecular complexity index is 390. The zero-order chi connectivity index (χ0) is 12.3. The van der Waals surface area contributed by atoms with E-state index in [4.69, 9.17) is 0 Å². The second-order valence-electron chi connectivity index (χ2n) is 4.38. The third-order valence-corrected chi connectivity index (χ3v) is 3.15. The van der Waals surface area contributed by atoms with Crippen molar-refractivity contribution in [1.29, 1.82) is 0 Å². The Hall–Kier alpha value is -1.13. The van der Waals surface area contributed by atoms with Crippen LogP contribution in [0.15, 0.2) is 24.3 Å². The van der Waals surface area contributed by atoms with Crippen molar-refractivity contribution >= 4 is 24.0 Å². The summed E-state index contributed by atoms with van der Waals surface area (Å²) in [6, 6.07) is 5.88. The van der Waals surface area contributed by atoms with Gasteiger partial charge in [0.15, 0.2) is 0 Å². The first-order valence-corrected chi connectivity index (χ1v) is 5.95. The highest BCUT2D eigenvalue weighted by atomic mass is 35.5. The van der Waals surface area contributed by atoms with Gasteiger partial charge in [-0.2, -0.15) is 0 Å². The van der Waals surface area contributed by atoms with Crippen LogP contribution in [0, 0.1) is 5.82 Å². The van der Waals surface area contributed by atoms with E-state index in [1.807, 2.05) is 0 Å². The topological polar surface area (TPSA) is 32.3 Å². The quantitative estimate of drug-likeness (QED) is 0.896. The number of carbonyl (C=O) groups excluding carboxylic acids is 1. The molecule has 1 amide bonds. The molecule has 0 spiro atoms. The number of likely N-dealkylation sites (N-methyl/N-ethyl adjacent to an activating group) is 1. The number of nitrogens with one attached hydrogen (secondary N) is 1. The molecule has 2 rings (SSSR count). The zero-order valence-electron chi connectivity index (χ0n) is 10.4. The standard InChI is InChI=1S/C13H17FN2O.ClH/c1-16(11-7-5-10(14)6-8-11)13(17)12-4-2-3-9-15-12;/h5-8,12,15H,2-4,9H2,1H3;1H/t12-;/m1./s1. The van der Waals surface area contributed by atoms with Gasteiger partial charge in [0.2, 0.25) is 5.91 Å². The molecule has 1 heterocycles. The van der Waals surface area contributed by atoms with Gasteiger partial charge in [0.05, 0.1) is 6.04 Å². The van der Waals surface area contributed by atoms with Crippen molar-refractivity contribution in [2.45, 2.75) is 25.3 Å². The maximum absolute atomic E-state index is 12.8.